The number of hydrogen-bond donors (Lipinski definition) is 2. The van der Waals surface area contributed by atoms with Crippen molar-refractivity contribution in [2.75, 3.05) is 19.6 Å². The molecule has 0 unspecified atom stereocenters. The van der Waals surface area contributed by atoms with Crippen molar-refractivity contribution in [3.05, 3.63) is 107 Å². The molecule has 0 atom stereocenters. The number of benzene rings is 3. The molecule has 0 aliphatic carbocycles. The Hall–Kier alpha value is -3.55. The minimum atomic E-state index is -0.975. The van der Waals surface area contributed by atoms with E-state index in [9.17, 15) is 18.7 Å². The van der Waals surface area contributed by atoms with E-state index in [1.165, 1.54) is 18.2 Å². The van der Waals surface area contributed by atoms with E-state index in [0.29, 0.717) is 51.0 Å². The van der Waals surface area contributed by atoms with Gasteiger partial charge in [0.15, 0.2) is 5.76 Å². The van der Waals surface area contributed by atoms with E-state index in [1.807, 2.05) is 24.3 Å². The van der Waals surface area contributed by atoms with Crippen LogP contribution in [0.4, 0.5) is 8.78 Å². The Morgan fingerprint density at radius 3 is 2.36 bits per heavy atom. The van der Waals surface area contributed by atoms with E-state index in [1.54, 1.807) is 30.3 Å². The lowest BCUT2D eigenvalue weighted by atomic mass is 9.84. The summed E-state index contributed by atoms with van der Waals surface area (Å²) in [7, 11) is 0. The Bertz CT molecular complexity index is 1380. The molecule has 1 aromatic heterocycles. The Labute approximate surface area is 208 Å². The van der Waals surface area contributed by atoms with Gasteiger partial charge in [-0.15, -0.1) is 0 Å². The number of halogens is 2. The number of furan rings is 1. The van der Waals surface area contributed by atoms with E-state index in [4.69, 9.17) is 4.42 Å². The van der Waals surface area contributed by atoms with Gasteiger partial charge in [-0.05, 0) is 78.4 Å². The minimum absolute atomic E-state index is 0.193. The molecule has 5 rings (SSSR count). The van der Waals surface area contributed by atoms with Gasteiger partial charge in [-0.2, -0.15) is 0 Å². The number of rotatable bonds is 7. The zero-order valence-electron chi connectivity index (χ0n) is 19.8. The number of carbonyl (C=O) groups excluding carboxylic acids is 1. The number of aliphatic hydroxyl groups is 1. The molecule has 186 valence electrons. The average molecular weight is 491 g/mol. The number of carbonyl (C=O) groups is 1. The Morgan fingerprint density at radius 2 is 1.64 bits per heavy atom. The van der Waals surface area contributed by atoms with Crippen molar-refractivity contribution in [3.8, 4) is 0 Å². The van der Waals surface area contributed by atoms with E-state index in [2.05, 4.69) is 10.2 Å². The van der Waals surface area contributed by atoms with Crippen LogP contribution in [-0.4, -0.2) is 35.5 Å². The molecule has 0 spiro atoms. The van der Waals surface area contributed by atoms with Crippen LogP contribution in [0.3, 0.4) is 0 Å². The molecule has 1 aliphatic rings. The van der Waals surface area contributed by atoms with Crippen molar-refractivity contribution in [3.63, 3.8) is 0 Å². The van der Waals surface area contributed by atoms with Crippen LogP contribution in [0, 0.1) is 11.6 Å². The van der Waals surface area contributed by atoms with Crippen molar-refractivity contribution in [2.24, 2.45) is 0 Å². The Balaban J connectivity index is 1.20. The van der Waals surface area contributed by atoms with Crippen molar-refractivity contribution in [1.29, 1.82) is 0 Å². The normalized spacial score (nSPS) is 15.8. The molecule has 2 N–H and O–H groups in total. The number of fused-ring (bicyclic) bond motifs is 1. The molecule has 7 heteroatoms. The fraction of sp³-hybridized carbons (Fsp3) is 0.276. The van der Waals surface area contributed by atoms with Gasteiger partial charge in [0, 0.05) is 31.6 Å². The van der Waals surface area contributed by atoms with Crippen molar-refractivity contribution in [2.45, 2.75) is 31.4 Å². The number of nitrogens with zero attached hydrogens (tertiary/aromatic N) is 1. The number of piperidine rings is 1. The highest BCUT2D eigenvalue weighted by molar-refractivity contribution is 5.96. The van der Waals surface area contributed by atoms with Gasteiger partial charge in [0.25, 0.3) is 5.91 Å². The maximum absolute atomic E-state index is 13.5. The average Bonchev–Trinajstić information content (AvgIpc) is 3.29. The van der Waals surface area contributed by atoms with Crippen LogP contribution >= 0.6 is 0 Å². The van der Waals surface area contributed by atoms with Crippen LogP contribution in [0.25, 0.3) is 11.0 Å². The van der Waals surface area contributed by atoms with Gasteiger partial charge in [0.05, 0.1) is 5.60 Å². The lowest BCUT2D eigenvalue weighted by Gasteiger charge is -2.38. The summed E-state index contributed by atoms with van der Waals surface area (Å²) in [5.41, 5.74) is 2.11. The lowest BCUT2D eigenvalue weighted by molar-refractivity contribution is -0.0276. The summed E-state index contributed by atoms with van der Waals surface area (Å²) in [5.74, 6) is -0.688. The molecule has 1 fully saturated rings. The molecule has 5 nitrogen and oxygen atoms in total. The molecule has 1 amide bonds. The molecule has 1 aliphatic heterocycles. The van der Waals surface area contributed by atoms with E-state index in [0.717, 1.165) is 22.1 Å². The maximum atomic E-state index is 13.5. The zero-order chi connectivity index (χ0) is 25.1. The van der Waals surface area contributed by atoms with Crippen LogP contribution in [0.2, 0.25) is 0 Å². The summed E-state index contributed by atoms with van der Waals surface area (Å²) in [6.07, 6.45) is 1.62. The van der Waals surface area contributed by atoms with Gasteiger partial charge in [0.2, 0.25) is 0 Å². The SMILES string of the molecule is O=C(NCCc1cccc(F)c1)c1cc2cc(C3(O)CCN(Cc4cccc(F)c4)CC3)ccc2o1. The van der Waals surface area contributed by atoms with Gasteiger partial charge < -0.3 is 14.8 Å². The van der Waals surface area contributed by atoms with Crippen LogP contribution in [-0.2, 0) is 18.6 Å². The Kier molecular flexibility index (Phi) is 6.85. The zero-order valence-corrected chi connectivity index (χ0v) is 19.8. The number of amides is 1. The van der Waals surface area contributed by atoms with Gasteiger partial charge >= 0.3 is 0 Å². The molecule has 4 aromatic rings. The summed E-state index contributed by atoms with van der Waals surface area (Å²) < 4.78 is 32.5. The molecule has 2 heterocycles. The van der Waals surface area contributed by atoms with Gasteiger partial charge in [0.1, 0.15) is 17.2 Å². The van der Waals surface area contributed by atoms with Crippen LogP contribution < -0.4 is 5.32 Å². The molecule has 1 saturated heterocycles. The molecule has 3 aromatic carbocycles. The third kappa shape index (κ3) is 5.48. The summed E-state index contributed by atoms with van der Waals surface area (Å²) in [6, 6.07) is 20.1. The number of nitrogens with one attached hydrogen (secondary N) is 1. The van der Waals surface area contributed by atoms with Crippen LogP contribution in [0.5, 0.6) is 0 Å². The first-order chi connectivity index (χ1) is 17.4. The van der Waals surface area contributed by atoms with Crippen molar-refractivity contribution >= 4 is 16.9 Å². The third-order valence-corrected chi connectivity index (χ3v) is 6.84. The lowest BCUT2D eigenvalue weighted by Crippen LogP contribution is -2.42. The highest BCUT2D eigenvalue weighted by atomic mass is 19.1. The standard InChI is InChI=1S/C29H28F2N2O3/c30-24-5-1-3-20(15-24)9-12-32-28(34)27-18-22-17-23(7-8-26(22)36-27)29(35)10-13-33(14-11-29)19-21-4-2-6-25(31)16-21/h1-8,15-18,35H,9-14,19H2,(H,32,34). The molecule has 0 radical (unpaired) electrons. The first-order valence-corrected chi connectivity index (χ1v) is 12.1. The highest BCUT2D eigenvalue weighted by Gasteiger charge is 2.34. The quantitative estimate of drug-likeness (QED) is 0.375. The fourth-order valence-electron chi connectivity index (χ4n) is 4.81. The summed E-state index contributed by atoms with van der Waals surface area (Å²) in [5, 5.41) is 14.9. The van der Waals surface area contributed by atoms with E-state index in [-0.39, 0.29) is 23.3 Å². The molecule has 0 saturated carbocycles. The largest absolute Gasteiger partial charge is 0.451 e. The van der Waals surface area contributed by atoms with Gasteiger partial charge in [-0.3, -0.25) is 9.69 Å². The number of hydrogen-bond acceptors (Lipinski definition) is 4. The number of likely N-dealkylation sites (tertiary alicyclic amines) is 1. The van der Waals surface area contributed by atoms with E-state index >= 15 is 0 Å². The third-order valence-electron chi connectivity index (χ3n) is 6.84. The topological polar surface area (TPSA) is 65.7 Å². The summed E-state index contributed by atoms with van der Waals surface area (Å²) in [6.45, 7) is 2.38. The highest BCUT2D eigenvalue weighted by Crippen LogP contribution is 2.35. The summed E-state index contributed by atoms with van der Waals surface area (Å²) in [4.78, 5) is 14.8. The summed E-state index contributed by atoms with van der Waals surface area (Å²) >= 11 is 0. The second kappa shape index (κ2) is 10.2. The van der Waals surface area contributed by atoms with Crippen LogP contribution in [0.15, 0.2) is 77.2 Å². The first kappa shape index (κ1) is 24.2. The van der Waals surface area contributed by atoms with Crippen molar-refractivity contribution in [1.82, 2.24) is 10.2 Å². The molecule has 36 heavy (non-hydrogen) atoms. The van der Waals surface area contributed by atoms with Crippen molar-refractivity contribution < 1.29 is 23.1 Å². The second-order valence-corrected chi connectivity index (χ2v) is 9.44. The van der Waals surface area contributed by atoms with Gasteiger partial charge in [-0.1, -0.05) is 30.3 Å². The fourth-order valence-corrected chi connectivity index (χ4v) is 4.81. The molecular formula is C29H28F2N2O3. The minimum Gasteiger partial charge on any atom is -0.451 e. The second-order valence-electron chi connectivity index (χ2n) is 9.44. The van der Waals surface area contributed by atoms with Crippen LogP contribution in [0.1, 0.15) is 40.1 Å². The Morgan fingerprint density at radius 1 is 0.944 bits per heavy atom. The monoisotopic (exact) mass is 490 g/mol. The predicted octanol–water partition coefficient (Wildman–Crippen LogP) is 5.17. The predicted molar refractivity (Wildman–Crippen MR) is 133 cm³/mol. The maximum Gasteiger partial charge on any atom is 0.287 e. The first-order valence-electron chi connectivity index (χ1n) is 12.1. The smallest absolute Gasteiger partial charge is 0.287 e. The van der Waals surface area contributed by atoms with Gasteiger partial charge in [-0.25, -0.2) is 8.78 Å². The molecule has 0 bridgehead atoms. The van der Waals surface area contributed by atoms with E-state index < -0.39 is 5.60 Å². The molecular weight excluding hydrogens is 462 g/mol.